The number of esters is 1. The van der Waals surface area contributed by atoms with E-state index in [0.29, 0.717) is 19.6 Å². The molecule has 0 aliphatic heterocycles. The number of ether oxygens (including phenoxy) is 1. The lowest BCUT2D eigenvalue weighted by atomic mass is 10.2. The predicted molar refractivity (Wildman–Crippen MR) is 66.9 cm³/mol. The van der Waals surface area contributed by atoms with Gasteiger partial charge in [-0.2, -0.15) is 0 Å². The van der Waals surface area contributed by atoms with E-state index in [0.717, 1.165) is 6.42 Å². The van der Waals surface area contributed by atoms with Gasteiger partial charge < -0.3 is 10.1 Å². The van der Waals surface area contributed by atoms with Crippen molar-refractivity contribution in [1.82, 2.24) is 5.32 Å². The first-order valence-electron chi connectivity index (χ1n) is 5.67. The molecule has 1 heterocycles. The maximum Gasteiger partial charge on any atom is 0.307 e. The van der Waals surface area contributed by atoms with Crippen LogP contribution in [0, 0.1) is 0 Å². The summed E-state index contributed by atoms with van der Waals surface area (Å²) in [5, 5.41) is 4.69. The number of amides is 1. The zero-order valence-electron chi connectivity index (χ0n) is 9.90. The van der Waals surface area contributed by atoms with Crippen LogP contribution in [-0.2, 0) is 20.7 Å². The Morgan fingerprint density at radius 1 is 1.41 bits per heavy atom. The Hall–Kier alpha value is -1.36. The Morgan fingerprint density at radius 3 is 2.88 bits per heavy atom. The van der Waals surface area contributed by atoms with Gasteiger partial charge in [-0.1, -0.05) is 6.07 Å². The third kappa shape index (κ3) is 6.06. The molecule has 0 atom stereocenters. The minimum atomic E-state index is -0.272. The molecule has 1 aromatic heterocycles. The Morgan fingerprint density at radius 2 is 2.24 bits per heavy atom. The van der Waals surface area contributed by atoms with Gasteiger partial charge in [0.15, 0.2) is 0 Å². The van der Waals surface area contributed by atoms with Gasteiger partial charge in [-0.15, -0.1) is 11.3 Å². The first-order chi connectivity index (χ1) is 8.22. The highest BCUT2D eigenvalue weighted by Gasteiger charge is 2.05. The first-order valence-corrected chi connectivity index (χ1v) is 6.55. The summed E-state index contributed by atoms with van der Waals surface area (Å²) in [6.45, 7) is 2.49. The van der Waals surface area contributed by atoms with Crippen molar-refractivity contribution in [3.8, 4) is 0 Å². The van der Waals surface area contributed by atoms with E-state index in [1.165, 1.54) is 4.88 Å². The van der Waals surface area contributed by atoms with Gasteiger partial charge in [0.25, 0.3) is 0 Å². The van der Waals surface area contributed by atoms with Gasteiger partial charge in [-0.05, 0) is 24.8 Å². The minimum absolute atomic E-state index is 0.0253. The van der Waals surface area contributed by atoms with E-state index in [1.54, 1.807) is 18.3 Å². The van der Waals surface area contributed by atoms with Gasteiger partial charge in [0, 0.05) is 17.8 Å². The number of carbonyl (C=O) groups excluding carboxylic acids is 2. The summed E-state index contributed by atoms with van der Waals surface area (Å²) in [4.78, 5) is 23.6. The zero-order valence-corrected chi connectivity index (χ0v) is 10.7. The molecule has 5 heteroatoms. The van der Waals surface area contributed by atoms with Crippen LogP contribution >= 0.6 is 11.3 Å². The average molecular weight is 255 g/mol. The Kier molecular flexibility index (Phi) is 6.32. The van der Waals surface area contributed by atoms with Gasteiger partial charge in [-0.25, -0.2) is 0 Å². The smallest absolute Gasteiger partial charge is 0.307 e. The normalized spacial score (nSPS) is 9.94. The number of carbonyl (C=O) groups is 2. The quantitative estimate of drug-likeness (QED) is 0.755. The molecular weight excluding hydrogens is 238 g/mol. The molecule has 1 rings (SSSR count). The average Bonchev–Trinajstić information content (AvgIpc) is 2.79. The fourth-order valence-electron chi connectivity index (χ4n) is 1.32. The summed E-state index contributed by atoms with van der Waals surface area (Å²) < 4.78 is 4.75. The van der Waals surface area contributed by atoms with Gasteiger partial charge in [-0.3, -0.25) is 9.59 Å². The topological polar surface area (TPSA) is 55.4 Å². The Bertz CT molecular complexity index is 349. The molecule has 0 aromatic carbocycles. The molecule has 4 nitrogen and oxygen atoms in total. The van der Waals surface area contributed by atoms with E-state index in [1.807, 2.05) is 17.5 Å². The summed E-state index contributed by atoms with van der Waals surface area (Å²) >= 11 is 1.65. The molecule has 1 amide bonds. The lowest BCUT2D eigenvalue weighted by Gasteiger charge is -2.04. The highest BCUT2D eigenvalue weighted by Crippen LogP contribution is 2.10. The van der Waals surface area contributed by atoms with Gasteiger partial charge >= 0.3 is 5.97 Å². The summed E-state index contributed by atoms with van der Waals surface area (Å²) in [5.41, 5.74) is 0. The summed E-state index contributed by atoms with van der Waals surface area (Å²) in [5.74, 6) is -0.297. The van der Waals surface area contributed by atoms with Crippen molar-refractivity contribution in [2.75, 3.05) is 13.2 Å². The number of aryl methyl sites for hydroxylation is 1. The van der Waals surface area contributed by atoms with E-state index in [-0.39, 0.29) is 18.3 Å². The maximum atomic E-state index is 11.4. The summed E-state index contributed by atoms with van der Waals surface area (Å²) in [7, 11) is 0. The molecule has 0 spiro atoms. The van der Waals surface area contributed by atoms with Crippen LogP contribution in [0.5, 0.6) is 0 Å². The molecule has 17 heavy (non-hydrogen) atoms. The fourth-order valence-corrected chi connectivity index (χ4v) is 2.03. The van der Waals surface area contributed by atoms with Crippen LogP contribution in [0.15, 0.2) is 17.5 Å². The molecule has 0 unspecified atom stereocenters. The standard InChI is InChI=1S/C12H17NO3S/c1-2-16-12(15)7-8-13-11(14)6-5-10-4-3-9-17-10/h3-4,9H,2,5-8H2,1H3,(H,13,14). The molecule has 0 saturated heterocycles. The van der Waals surface area contributed by atoms with Crippen molar-refractivity contribution in [2.24, 2.45) is 0 Å². The predicted octanol–water partition coefficient (Wildman–Crippen LogP) is 1.75. The fraction of sp³-hybridized carbons (Fsp3) is 0.500. The largest absolute Gasteiger partial charge is 0.466 e. The molecule has 0 radical (unpaired) electrons. The number of hydrogen-bond acceptors (Lipinski definition) is 4. The van der Waals surface area contributed by atoms with Gasteiger partial charge in [0.05, 0.1) is 13.0 Å². The van der Waals surface area contributed by atoms with Crippen molar-refractivity contribution in [1.29, 1.82) is 0 Å². The second-order valence-electron chi connectivity index (χ2n) is 3.48. The van der Waals surface area contributed by atoms with E-state index in [9.17, 15) is 9.59 Å². The van der Waals surface area contributed by atoms with Crippen molar-refractivity contribution < 1.29 is 14.3 Å². The van der Waals surface area contributed by atoms with Crippen LogP contribution in [0.2, 0.25) is 0 Å². The molecule has 94 valence electrons. The lowest BCUT2D eigenvalue weighted by Crippen LogP contribution is -2.26. The zero-order chi connectivity index (χ0) is 12.5. The number of hydrogen-bond donors (Lipinski definition) is 1. The molecule has 0 bridgehead atoms. The van der Waals surface area contributed by atoms with Gasteiger partial charge in [0.1, 0.15) is 0 Å². The molecule has 1 aromatic rings. The lowest BCUT2D eigenvalue weighted by molar-refractivity contribution is -0.143. The number of thiophene rings is 1. The van der Waals surface area contributed by atoms with Crippen molar-refractivity contribution in [3.63, 3.8) is 0 Å². The second kappa shape index (κ2) is 7.84. The van der Waals surface area contributed by atoms with Crippen LogP contribution in [0.1, 0.15) is 24.6 Å². The molecule has 0 saturated carbocycles. The third-order valence-electron chi connectivity index (χ3n) is 2.14. The van der Waals surface area contributed by atoms with E-state index in [2.05, 4.69) is 5.32 Å². The van der Waals surface area contributed by atoms with Crippen LogP contribution in [0.4, 0.5) is 0 Å². The first kappa shape index (κ1) is 13.7. The molecule has 0 aliphatic carbocycles. The molecule has 0 aliphatic rings. The number of nitrogens with one attached hydrogen (secondary N) is 1. The van der Waals surface area contributed by atoms with Gasteiger partial charge in [0.2, 0.25) is 5.91 Å². The van der Waals surface area contributed by atoms with Crippen molar-refractivity contribution >= 4 is 23.2 Å². The highest BCUT2D eigenvalue weighted by molar-refractivity contribution is 7.09. The van der Waals surface area contributed by atoms with Crippen LogP contribution in [0.25, 0.3) is 0 Å². The maximum absolute atomic E-state index is 11.4. The molecule has 1 N–H and O–H groups in total. The summed E-state index contributed by atoms with van der Waals surface area (Å²) in [6, 6.07) is 3.98. The molecule has 0 fully saturated rings. The third-order valence-corrected chi connectivity index (χ3v) is 3.07. The second-order valence-corrected chi connectivity index (χ2v) is 4.52. The van der Waals surface area contributed by atoms with Crippen LogP contribution < -0.4 is 5.32 Å². The Balaban J connectivity index is 2.07. The summed E-state index contributed by atoms with van der Waals surface area (Å²) in [6.07, 6.45) is 1.45. The van der Waals surface area contributed by atoms with Crippen molar-refractivity contribution in [2.45, 2.75) is 26.2 Å². The van der Waals surface area contributed by atoms with E-state index >= 15 is 0 Å². The van der Waals surface area contributed by atoms with E-state index in [4.69, 9.17) is 4.74 Å². The Labute approximate surface area is 105 Å². The number of rotatable bonds is 7. The van der Waals surface area contributed by atoms with E-state index < -0.39 is 0 Å². The highest BCUT2D eigenvalue weighted by atomic mass is 32.1. The molecular formula is C12H17NO3S. The van der Waals surface area contributed by atoms with Crippen LogP contribution in [0.3, 0.4) is 0 Å². The van der Waals surface area contributed by atoms with Crippen molar-refractivity contribution in [3.05, 3.63) is 22.4 Å². The minimum Gasteiger partial charge on any atom is -0.466 e. The van der Waals surface area contributed by atoms with Crippen LogP contribution in [-0.4, -0.2) is 25.0 Å². The SMILES string of the molecule is CCOC(=O)CCNC(=O)CCc1cccs1. The monoisotopic (exact) mass is 255 g/mol.